The van der Waals surface area contributed by atoms with Gasteiger partial charge in [-0.1, -0.05) is 24.2 Å². The molecule has 3 heteroatoms. The summed E-state index contributed by atoms with van der Waals surface area (Å²) in [5.74, 6) is 1.09. The van der Waals surface area contributed by atoms with Gasteiger partial charge < -0.3 is 0 Å². The van der Waals surface area contributed by atoms with Crippen LogP contribution in [0.2, 0.25) is 0 Å². The van der Waals surface area contributed by atoms with Crippen LogP contribution < -0.4 is 0 Å². The second-order valence-corrected chi connectivity index (χ2v) is 3.46. The number of aromatic nitrogens is 2. The predicted octanol–water partition coefficient (Wildman–Crippen LogP) is 2.07. The van der Waals surface area contributed by atoms with Crippen molar-refractivity contribution in [3.05, 3.63) is 11.4 Å². The lowest BCUT2D eigenvalue weighted by Crippen LogP contribution is -1.93. The van der Waals surface area contributed by atoms with Crippen molar-refractivity contribution in [2.75, 3.05) is 0 Å². The highest BCUT2D eigenvalue weighted by atomic mass is 16.6. The van der Waals surface area contributed by atoms with Crippen LogP contribution >= 0.6 is 0 Å². The Morgan fingerprint density at radius 1 is 1.36 bits per heavy atom. The fraction of sp³-hybridized carbons (Fsp3) is 0.750. The first kappa shape index (κ1) is 6.83. The monoisotopic (exact) mass is 152 g/mol. The van der Waals surface area contributed by atoms with Crippen molar-refractivity contribution in [1.29, 1.82) is 0 Å². The molecule has 0 bridgehead atoms. The lowest BCUT2D eigenvalue weighted by atomic mass is 10.1. The average Bonchev–Trinajstić information content (AvgIpc) is 2.68. The molecule has 11 heavy (non-hydrogen) atoms. The minimum Gasteiger partial charge on any atom is -0.244 e. The molecule has 1 aromatic rings. The van der Waals surface area contributed by atoms with E-state index in [1.54, 1.807) is 0 Å². The topological polar surface area (TPSA) is 38.9 Å². The second-order valence-electron chi connectivity index (χ2n) is 3.46. The molecule has 0 N–H and O–H groups in total. The van der Waals surface area contributed by atoms with Gasteiger partial charge in [0.05, 0.1) is 0 Å². The molecule has 0 saturated heterocycles. The standard InChI is InChI=1S/C8H12N2O/c1-5(2)7-8(6-3-4-6)10-11-9-7/h5-6H,3-4H2,1-2H3. The van der Waals surface area contributed by atoms with E-state index in [2.05, 4.69) is 24.2 Å². The normalized spacial score (nSPS) is 17.7. The number of hydrogen-bond acceptors (Lipinski definition) is 3. The van der Waals surface area contributed by atoms with Crippen molar-refractivity contribution in [1.82, 2.24) is 10.3 Å². The van der Waals surface area contributed by atoms with E-state index in [1.807, 2.05) is 0 Å². The van der Waals surface area contributed by atoms with E-state index < -0.39 is 0 Å². The maximum atomic E-state index is 4.71. The van der Waals surface area contributed by atoms with Gasteiger partial charge in [-0.2, -0.15) is 0 Å². The van der Waals surface area contributed by atoms with Crippen LogP contribution in [-0.4, -0.2) is 10.3 Å². The maximum Gasteiger partial charge on any atom is 0.111 e. The largest absolute Gasteiger partial charge is 0.244 e. The first-order chi connectivity index (χ1) is 5.29. The first-order valence-electron chi connectivity index (χ1n) is 4.11. The molecule has 0 aliphatic heterocycles. The van der Waals surface area contributed by atoms with Gasteiger partial charge in [0.1, 0.15) is 11.4 Å². The van der Waals surface area contributed by atoms with E-state index in [0.29, 0.717) is 11.8 Å². The van der Waals surface area contributed by atoms with Crippen molar-refractivity contribution < 1.29 is 4.63 Å². The molecule has 0 spiro atoms. The van der Waals surface area contributed by atoms with Crippen molar-refractivity contribution in [2.45, 2.75) is 38.5 Å². The zero-order valence-corrected chi connectivity index (χ0v) is 6.87. The molecule has 1 aromatic heterocycles. The SMILES string of the molecule is CC(C)c1nonc1C1CC1. The van der Waals surface area contributed by atoms with Crippen LogP contribution in [-0.2, 0) is 0 Å². The van der Waals surface area contributed by atoms with E-state index in [4.69, 9.17) is 4.63 Å². The molecule has 0 atom stereocenters. The molecule has 60 valence electrons. The van der Waals surface area contributed by atoms with Crippen LogP contribution in [0.3, 0.4) is 0 Å². The van der Waals surface area contributed by atoms with E-state index in [0.717, 1.165) is 11.4 Å². The zero-order valence-electron chi connectivity index (χ0n) is 6.87. The van der Waals surface area contributed by atoms with Gasteiger partial charge in [0.15, 0.2) is 0 Å². The van der Waals surface area contributed by atoms with Crippen LogP contribution in [0.25, 0.3) is 0 Å². The highest BCUT2D eigenvalue weighted by Crippen LogP contribution is 2.41. The van der Waals surface area contributed by atoms with Gasteiger partial charge in [0.25, 0.3) is 0 Å². The molecule has 1 saturated carbocycles. The Labute approximate surface area is 65.8 Å². The van der Waals surface area contributed by atoms with Crippen molar-refractivity contribution in [2.24, 2.45) is 0 Å². The molecular formula is C8H12N2O. The molecule has 0 aromatic carbocycles. The minimum absolute atomic E-state index is 0.442. The van der Waals surface area contributed by atoms with Gasteiger partial charge in [-0.05, 0) is 12.8 Å². The summed E-state index contributed by atoms with van der Waals surface area (Å²) in [6.07, 6.45) is 2.52. The van der Waals surface area contributed by atoms with Gasteiger partial charge in [-0.3, -0.25) is 0 Å². The van der Waals surface area contributed by atoms with Crippen molar-refractivity contribution in [3.63, 3.8) is 0 Å². The molecule has 2 rings (SSSR count). The third-order valence-corrected chi connectivity index (χ3v) is 2.05. The van der Waals surface area contributed by atoms with Crippen LogP contribution in [0, 0.1) is 0 Å². The average molecular weight is 152 g/mol. The third-order valence-electron chi connectivity index (χ3n) is 2.05. The Kier molecular flexibility index (Phi) is 1.44. The van der Waals surface area contributed by atoms with Gasteiger partial charge in [0, 0.05) is 11.8 Å². The zero-order chi connectivity index (χ0) is 7.84. The quantitative estimate of drug-likeness (QED) is 0.651. The Morgan fingerprint density at radius 2 is 2.09 bits per heavy atom. The number of nitrogens with zero attached hydrogens (tertiary/aromatic N) is 2. The number of rotatable bonds is 2. The summed E-state index contributed by atoms with van der Waals surface area (Å²) in [6.45, 7) is 4.23. The Balaban J connectivity index is 2.30. The van der Waals surface area contributed by atoms with Gasteiger partial charge in [-0.25, -0.2) is 4.63 Å². The maximum absolute atomic E-state index is 4.71. The summed E-state index contributed by atoms with van der Waals surface area (Å²) in [5.41, 5.74) is 2.15. The highest BCUT2D eigenvalue weighted by Gasteiger charge is 2.31. The summed E-state index contributed by atoms with van der Waals surface area (Å²) in [5, 5.41) is 7.80. The fourth-order valence-corrected chi connectivity index (χ4v) is 1.24. The highest BCUT2D eigenvalue weighted by molar-refractivity contribution is 5.20. The van der Waals surface area contributed by atoms with Crippen molar-refractivity contribution >= 4 is 0 Å². The molecule has 0 unspecified atom stereocenters. The molecule has 1 aliphatic rings. The van der Waals surface area contributed by atoms with Crippen LogP contribution in [0.5, 0.6) is 0 Å². The van der Waals surface area contributed by atoms with Crippen LogP contribution in [0.4, 0.5) is 0 Å². The van der Waals surface area contributed by atoms with Gasteiger partial charge >= 0.3 is 0 Å². The molecule has 3 nitrogen and oxygen atoms in total. The molecule has 1 heterocycles. The molecule has 1 aliphatic carbocycles. The van der Waals surface area contributed by atoms with E-state index >= 15 is 0 Å². The number of hydrogen-bond donors (Lipinski definition) is 0. The van der Waals surface area contributed by atoms with E-state index in [1.165, 1.54) is 12.8 Å². The second kappa shape index (κ2) is 2.32. The summed E-state index contributed by atoms with van der Waals surface area (Å²) in [7, 11) is 0. The van der Waals surface area contributed by atoms with E-state index in [-0.39, 0.29) is 0 Å². The smallest absolute Gasteiger partial charge is 0.111 e. The fourth-order valence-electron chi connectivity index (χ4n) is 1.24. The first-order valence-corrected chi connectivity index (χ1v) is 4.11. The molecule has 0 radical (unpaired) electrons. The lowest BCUT2D eigenvalue weighted by molar-refractivity contribution is 0.299. The van der Waals surface area contributed by atoms with Crippen LogP contribution in [0.15, 0.2) is 4.63 Å². The third kappa shape index (κ3) is 1.15. The summed E-state index contributed by atoms with van der Waals surface area (Å²) in [6, 6.07) is 0. The summed E-state index contributed by atoms with van der Waals surface area (Å²) < 4.78 is 4.71. The summed E-state index contributed by atoms with van der Waals surface area (Å²) >= 11 is 0. The van der Waals surface area contributed by atoms with Gasteiger partial charge in [-0.15, -0.1) is 0 Å². The minimum atomic E-state index is 0.442. The molecular weight excluding hydrogens is 140 g/mol. The van der Waals surface area contributed by atoms with E-state index in [9.17, 15) is 0 Å². The Hall–Kier alpha value is -0.860. The molecule has 0 amide bonds. The predicted molar refractivity (Wildman–Crippen MR) is 40.4 cm³/mol. The summed E-state index contributed by atoms with van der Waals surface area (Å²) in [4.78, 5) is 0. The van der Waals surface area contributed by atoms with Crippen molar-refractivity contribution in [3.8, 4) is 0 Å². The Bertz CT molecular complexity index is 234. The lowest BCUT2D eigenvalue weighted by Gasteiger charge is -1.98. The van der Waals surface area contributed by atoms with Gasteiger partial charge in [0.2, 0.25) is 0 Å². The molecule has 1 fully saturated rings. The van der Waals surface area contributed by atoms with Crippen LogP contribution in [0.1, 0.15) is 49.9 Å². The Morgan fingerprint density at radius 3 is 2.64 bits per heavy atom.